The molecule has 1 amide bonds. The fourth-order valence-electron chi connectivity index (χ4n) is 3.34. The lowest BCUT2D eigenvalue weighted by Crippen LogP contribution is -2.38. The maximum Gasteiger partial charge on any atom is 0.253 e. The number of likely N-dealkylation sites (tertiary alicyclic amines) is 1. The van der Waals surface area contributed by atoms with E-state index in [0.717, 1.165) is 31.6 Å². The fraction of sp³-hybridized carbons (Fsp3) is 0.588. The highest BCUT2D eigenvalue weighted by atomic mass is 16.2. The smallest absolute Gasteiger partial charge is 0.253 e. The molecule has 1 atom stereocenters. The first-order valence-electron chi connectivity index (χ1n) is 8.03. The molecule has 0 saturated carbocycles. The quantitative estimate of drug-likeness (QED) is 0.916. The van der Waals surface area contributed by atoms with Crippen molar-refractivity contribution in [1.29, 1.82) is 0 Å². The van der Waals surface area contributed by atoms with Crippen molar-refractivity contribution in [2.24, 2.45) is 0 Å². The summed E-state index contributed by atoms with van der Waals surface area (Å²) in [6.45, 7) is 5.26. The number of carbonyl (C=O) groups excluding carboxylic acids is 1. The van der Waals surface area contributed by atoms with Crippen LogP contribution < -0.4 is 5.32 Å². The predicted molar refractivity (Wildman–Crippen MR) is 84.3 cm³/mol. The SMILES string of the molecule is CN(C(=O)c1cccc(CN2CCCC2)c1)C1CCNC1. The van der Waals surface area contributed by atoms with Gasteiger partial charge in [0.15, 0.2) is 0 Å². The van der Waals surface area contributed by atoms with Crippen LogP contribution >= 0.6 is 0 Å². The summed E-state index contributed by atoms with van der Waals surface area (Å²) >= 11 is 0. The van der Waals surface area contributed by atoms with E-state index in [-0.39, 0.29) is 5.91 Å². The monoisotopic (exact) mass is 287 g/mol. The minimum atomic E-state index is 0.145. The van der Waals surface area contributed by atoms with Gasteiger partial charge in [-0.2, -0.15) is 0 Å². The van der Waals surface area contributed by atoms with Crippen LogP contribution in [0.5, 0.6) is 0 Å². The number of amides is 1. The number of hydrogen-bond donors (Lipinski definition) is 1. The molecular formula is C17H25N3O. The van der Waals surface area contributed by atoms with Crippen molar-refractivity contribution in [3.8, 4) is 0 Å². The molecule has 4 nitrogen and oxygen atoms in total. The van der Waals surface area contributed by atoms with Crippen molar-refractivity contribution in [3.63, 3.8) is 0 Å². The number of nitrogens with one attached hydrogen (secondary N) is 1. The van der Waals surface area contributed by atoms with Crippen molar-refractivity contribution < 1.29 is 4.79 Å². The maximum atomic E-state index is 12.6. The van der Waals surface area contributed by atoms with Gasteiger partial charge in [-0.3, -0.25) is 9.69 Å². The van der Waals surface area contributed by atoms with Crippen molar-refractivity contribution in [2.75, 3.05) is 33.2 Å². The number of rotatable bonds is 4. The van der Waals surface area contributed by atoms with Gasteiger partial charge in [0.1, 0.15) is 0 Å². The lowest BCUT2D eigenvalue weighted by atomic mass is 10.1. The second-order valence-electron chi connectivity index (χ2n) is 6.25. The lowest BCUT2D eigenvalue weighted by Gasteiger charge is -2.24. The van der Waals surface area contributed by atoms with E-state index in [0.29, 0.717) is 6.04 Å². The first-order valence-corrected chi connectivity index (χ1v) is 8.03. The number of carbonyl (C=O) groups is 1. The van der Waals surface area contributed by atoms with Gasteiger partial charge >= 0.3 is 0 Å². The van der Waals surface area contributed by atoms with Crippen molar-refractivity contribution in [2.45, 2.75) is 31.8 Å². The Morgan fingerprint density at radius 1 is 1.38 bits per heavy atom. The number of likely N-dealkylation sites (N-methyl/N-ethyl adjacent to an activating group) is 1. The molecule has 1 unspecified atom stereocenters. The molecule has 2 fully saturated rings. The van der Waals surface area contributed by atoms with Crippen LogP contribution in [0.25, 0.3) is 0 Å². The molecule has 21 heavy (non-hydrogen) atoms. The van der Waals surface area contributed by atoms with Gasteiger partial charge in [-0.05, 0) is 56.6 Å². The Hall–Kier alpha value is -1.39. The Bertz CT molecular complexity index is 491. The summed E-state index contributed by atoms with van der Waals surface area (Å²) in [4.78, 5) is 17.0. The van der Waals surface area contributed by atoms with E-state index in [1.54, 1.807) is 0 Å². The average molecular weight is 287 g/mol. The van der Waals surface area contributed by atoms with Crippen LogP contribution in [0.4, 0.5) is 0 Å². The molecule has 0 aliphatic carbocycles. The third-order valence-corrected chi connectivity index (χ3v) is 4.68. The van der Waals surface area contributed by atoms with E-state index < -0.39 is 0 Å². The van der Waals surface area contributed by atoms with Gasteiger partial charge in [0, 0.05) is 31.7 Å². The van der Waals surface area contributed by atoms with Crippen LogP contribution in [0.3, 0.4) is 0 Å². The second kappa shape index (κ2) is 6.58. The van der Waals surface area contributed by atoms with Crippen molar-refractivity contribution >= 4 is 5.91 Å². The first-order chi connectivity index (χ1) is 10.2. The van der Waals surface area contributed by atoms with Gasteiger partial charge in [-0.15, -0.1) is 0 Å². The summed E-state index contributed by atoms with van der Waals surface area (Å²) in [5.74, 6) is 0.145. The Balaban J connectivity index is 1.67. The topological polar surface area (TPSA) is 35.6 Å². The molecule has 0 radical (unpaired) electrons. The number of benzene rings is 1. The minimum Gasteiger partial charge on any atom is -0.337 e. The molecule has 2 aliphatic heterocycles. The predicted octanol–water partition coefficient (Wildman–Crippen LogP) is 1.72. The normalized spacial score (nSPS) is 22.6. The first kappa shape index (κ1) is 14.5. The second-order valence-corrected chi connectivity index (χ2v) is 6.25. The van der Waals surface area contributed by atoms with Gasteiger partial charge in [0.25, 0.3) is 5.91 Å². The van der Waals surface area contributed by atoms with E-state index in [1.165, 1.54) is 31.5 Å². The molecule has 2 heterocycles. The van der Waals surface area contributed by atoms with E-state index in [9.17, 15) is 4.79 Å². The zero-order chi connectivity index (χ0) is 14.7. The highest BCUT2D eigenvalue weighted by molar-refractivity contribution is 5.94. The summed E-state index contributed by atoms with van der Waals surface area (Å²) in [5.41, 5.74) is 2.07. The molecule has 3 rings (SSSR count). The zero-order valence-electron chi connectivity index (χ0n) is 12.8. The molecule has 1 N–H and O–H groups in total. The molecular weight excluding hydrogens is 262 g/mol. The Morgan fingerprint density at radius 3 is 2.90 bits per heavy atom. The summed E-state index contributed by atoms with van der Waals surface area (Å²) in [6.07, 6.45) is 3.65. The number of hydrogen-bond acceptors (Lipinski definition) is 3. The Kier molecular flexibility index (Phi) is 4.56. The highest BCUT2D eigenvalue weighted by Crippen LogP contribution is 2.16. The van der Waals surface area contributed by atoms with E-state index >= 15 is 0 Å². The van der Waals surface area contributed by atoms with Gasteiger partial charge in [0.05, 0.1) is 0 Å². The van der Waals surface area contributed by atoms with Crippen molar-refractivity contribution in [1.82, 2.24) is 15.1 Å². The van der Waals surface area contributed by atoms with Crippen LogP contribution in [-0.2, 0) is 6.54 Å². The summed E-state index contributed by atoms with van der Waals surface area (Å²) < 4.78 is 0. The fourth-order valence-corrected chi connectivity index (χ4v) is 3.34. The lowest BCUT2D eigenvalue weighted by molar-refractivity contribution is 0.0743. The molecule has 114 valence electrons. The third-order valence-electron chi connectivity index (χ3n) is 4.68. The number of nitrogens with zero attached hydrogens (tertiary/aromatic N) is 2. The molecule has 1 aromatic rings. The molecule has 0 aromatic heterocycles. The molecule has 0 spiro atoms. The van der Waals surface area contributed by atoms with Crippen molar-refractivity contribution in [3.05, 3.63) is 35.4 Å². The highest BCUT2D eigenvalue weighted by Gasteiger charge is 2.24. The minimum absolute atomic E-state index is 0.145. The standard InChI is InChI=1S/C17H25N3O/c1-19(16-7-8-18-12-16)17(21)15-6-4-5-14(11-15)13-20-9-2-3-10-20/h4-6,11,16,18H,2-3,7-10,12-13H2,1H3. The van der Waals surface area contributed by atoms with Gasteiger partial charge < -0.3 is 10.2 Å². The molecule has 1 aromatic carbocycles. The third kappa shape index (κ3) is 3.44. The largest absolute Gasteiger partial charge is 0.337 e. The summed E-state index contributed by atoms with van der Waals surface area (Å²) in [5, 5.41) is 3.32. The Morgan fingerprint density at radius 2 is 2.19 bits per heavy atom. The van der Waals surface area contributed by atoms with Gasteiger partial charge in [-0.1, -0.05) is 12.1 Å². The van der Waals surface area contributed by atoms with Crippen LogP contribution in [0, 0.1) is 0 Å². The van der Waals surface area contributed by atoms with Crippen LogP contribution in [0.15, 0.2) is 24.3 Å². The van der Waals surface area contributed by atoms with E-state index in [4.69, 9.17) is 0 Å². The maximum absolute atomic E-state index is 12.6. The van der Waals surface area contributed by atoms with Crippen LogP contribution in [0.2, 0.25) is 0 Å². The molecule has 2 saturated heterocycles. The summed E-state index contributed by atoms with van der Waals surface area (Å²) in [7, 11) is 1.92. The molecule has 2 aliphatic rings. The van der Waals surface area contributed by atoms with Crippen LogP contribution in [-0.4, -0.2) is 55.0 Å². The van der Waals surface area contributed by atoms with Gasteiger partial charge in [0.2, 0.25) is 0 Å². The van der Waals surface area contributed by atoms with E-state index in [1.807, 2.05) is 24.1 Å². The summed E-state index contributed by atoms with van der Waals surface area (Å²) in [6, 6.07) is 8.49. The van der Waals surface area contributed by atoms with Gasteiger partial charge in [-0.25, -0.2) is 0 Å². The van der Waals surface area contributed by atoms with Crippen LogP contribution in [0.1, 0.15) is 35.2 Å². The average Bonchev–Trinajstić information content (AvgIpc) is 3.19. The molecule has 4 heteroatoms. The molecule has 0 bridgehead atoms. The van der Waals surface area contributed by atoms with E-state index in [2.05, 4.69) is 22.3 Å². The zero-order valence-corrected chi connectivity index (χ0v) is 12.8. The Labute approximate surface area is 127 Å².